The molecule has 0 spiro atoms. The Bertz CT molecular complexity index is 615. The number of alkyl halides is 3. The molecule has 22 heavy (non-hydrogen) atoms. The summed E-state index contributed by atoms with van der Waals surface area (Å²) in [5.74, 6) is -2.31. The van der Waals surface area contributed by atoms with Crippen LogP contribution < -0.4 is 0 Å². The molecule has 1 aromatic rings. The largest absolute Gasteiger partial charge is 0.438 e. The third-order valence-electron chi connectivity index (χ3n) is 3.33. The number of hydrogen-bond acceptors (Lipinski definition) is 3. The molecule has 1 aliphatic heterocycles. The predicted octanol–water partition coefficient (Wildman–Crippen LogP) is 3.08. The van der Waals surface area contributed by atoms with Crippen molar-refractivity contribution in [3.8, 4) is 0 Å². The second kappa shape index (κ2) is 5.68. The Balaban J connectivity index is 2.44. The lowest BCUT2D eigenvalue weighted by atomic mass is 10.0. The zero-order chi connectivity index (χ0) is 16.5. The van der Waals surface area contributed by atoms with Crippen molar-refractivity contribution in [1.29, 1.82) is 0 Å². The van der Waals surface area contributed by atoms with Gasteiger partial charge in [0.25, 0.3) is 11.6 Å². The van der Waals surface area contributed by atoms with E-state index >= 15 is 0 Å². The van der Waals surface area contributed by atoms with Crippen LogP contribution in [0.4, 0.5) is 17.6 Å². The molecule has 0 fully saturated rings. The maximum atomic E-state index is 13.6. The Morgan fingerprint density at radius 2 is 2.05 bits per heavy atom. The van der Waals surface area contributed by atoms with Crippen molar-refractivity contribution >= 4 is 11.6 Å². The summed E-state index contributed by atoms with van der Waals surface area (Å²) in [6.45, 7) is 1.73. The number of aliphatic hydroxyl groups is 1. The lowest BCUT2D eigenvalue weighted by Crippen LogP contribution is -2.56. The van der Waals surface area contributed by atoms with E-state index in [-0.39, 0.29) is 17.1 Å². The first kappa shape index (κ1) is 16.4. The van der Waals surface area contributed by atoms with Gasteiger partial charge in [-0.1, -0.05) is 25.5 Å². The van der Waals surface area contributed by atoms with Crippen LogP contribution in [0.5, 0.6) is 0 Å². The van der Waals surface area contributed by atoms with Gasteiger partial charge in [0.2, 0.25) is 0 Å². The van der Waals surface area contributed by atoms with Crippen LogP contribution in [-0.4, -0.2) is 33.6 Å². The van der Waals surface area contributed by atoms with E-state index in [2.05, 4.69) is 5.10 Å². The number of nitrogens with zero attached hydrogens (tertiary/aromatic N) is 2. The van der Waals surface area contributed by atoms with E-state index in [0.717, 1.165) is 12.1 Å². The first-order chi connectivity index (χ1) is 10.2. The number of carbonyl (C=O) groups excluding carboxylic acids is 1. The topological polar surface area (TPSA) is 52.9 Å². The molecule has 1 atom stereocenters. The van der Waals surface area contributed by atoms with Crippen molar-refractivity contribution in [2.75, 3.05) is 0 Å². The normalized spacial score (nSPS) is 21.9. The molecule has 0 saturated heterocycles. The molecule has 0 bridgehead atoms. The summed E-state index contributed by atoms with van der Waals surface area (Å²) in [7, 11) is 0. The predicted molar refractivity (Wildman–Crippen MR) is 70.5 cm³/mol. The van der Waals surface area contributed by atoms with E-state index in [1.54, 1.807) is 6.92 Å². The monoisotopic (exact) mass is 318 g/mol. The highest BCUT2D eigenvalue weighted by molar-refractivity contribution is 5.98. The van der Waals surface area contributed by atoms with Crippen LogP contribution >= 0.6 is 0 Å². The van der Waals surface area contributed by atoms with Crippen molar-refractivity contribution < 1.29 is 27.5 Å². The molecule has 0 unspecified atom stereocenters. The maximum absolute atomic E-state index is 13.6. The van der Waals surface area contributed by atoms with Gasteiger partial charge in [-0.05, 0) is 18.6 Å². The average molecular weight is 318 g/mol. The number of hydrogen-bond donors (Lipinski definition) is 1. The molecule has 0 saturated carbocycles. The lowest BCUT2D eigenvalue weighted by molar-refractivity contribution is -0.297. The van der Waals surface area contributed by atoms with Gasteiger partial charge in [-0.3, -0.25) is 4.79 Å². The highest BCUT2D eigenvalue weighted by atomic mass is 19.4. The third kappa shape index (κ3) is 2.70. The maximum Gasteiger partial charge on any atom is 0.438 e. The molecular weight excluding hydrogens is 304 g/mol. The summed E-state index contributed by atoms with van der Waals surface area (Å²) in [5, 5.41) is 13.5. The lowest BCUT2D eigenvalue weighted by Gasteiger charge is -2.32. The van der Waals surface area contributed by atoms with E-state index in [0.29, 0.717) is 6.42 Å². The highest BCUT2D eigenvalue weighted by Gasteiger charge is 2.63. The van der Waals surface area contributed by atoms with E-state index in [1.807, 2.05) is 0 Å². The van der Waals surface area contributed by atoms with Gasteiger partial charge in [0.15, 0.2) is 0 Å². The minimum absolute atomic E-state index is 0.0482. The number of rotatable bonds is 3. The van der Waals surface area contributed by atoms with Crippen molar-refractivity contribution in [2.24, 2.45) is 5.10 Å². The molecule has 0 aromatic heterocycles. The summed E-state index contributed by atoms with van der Waals surface area (Å²) in [6, 6.07) is 4.61. The number of halogens is 4. The van der Waals surface area contributed by atoms with E-state index in [1.165, 1.54) is 12.1 Å². The second-order valence-electron chi connectivity index (χ2n) is 5.00. The van der Waals surface area contributed by atoms with Gasteiger partial charge in [-0.2, -0.15) is 23.3 Å². The van der Waals surface area contributed by atoms with Crippen molar-refractivity contribution in [3.63, 3.8) is 0 Å². The molecule has 1 aromatic carbocycles. The Hall–Kier alpha value is -1.96. The molecule has 1 aliphatic rings. The van der Waals surface area contributed by atoms with E-state index < -0.39 is 35.6 Å². The molecule has 1 N–H and O–H groups in total. The smallest absolute Gasteiger partial charge is 0.362 e. The van der Waals surface area contributed by atoms with Crippen LogP contribution in [0.2, 0.25) is 0 Å². The van der Waals surface area contributed by atoms with Crippen LogP contribution in [0.1, 0.15) is 36.5 Å². The molecule has 4 nitrogen and oxygen atoms in total. The van der Waals surface area contributed by atoms with Crippen molar-refractivity contribution in [1.82, 2.24) is 5.01 Å². The van der Waals surface area contributed by atoms with Crippen LogP contribution in [-0.2, 0) is 0 Å². The minimum atomic E-state index is -5.10. The molecule has 2 rings (SSSR count). The van der Waals surface area contributed by atoms with Crippen LogP contribution in [0.25, 0.3) is 0 Å². The van der Waals surface area contributed by atoms with Crippen molar-refractivity contribution in [2.45, 2.75) is 38.1 Å². The third-order valence-corrected chi connectivity index (χ3v) is 3.33. The molecule has 0 radical (unpaired) electrons. The van der Waals surface area contributed by atoms with Gasteiger partial charge in [-0.25, -0.2) is 4.39 Å². The van der Waals surface area contributed by atoms with Gasteiger partial charge in [0, 0.05) is 12.1 Å². The summed E-state index contributed by atoms with van der Waals surface area (Å²) < 4.78 is 53.2. The summed E-state index contributed by atoms with van der Waals surface area (Å²) in [6.07, 6.45) is -5.22. The van der Waals surface area contributed by atoms with E-state index in [9.17, 15) is 27.5 Å². The minimum Gasteiger partial charge on any atom is -0.362 e. The van der Waals surface area contributed by atoms with Crippen LogP contribution in [0.3, 0.4) is 0 Å². The second-order valence-corrected chi connectivity index (χ2v) is 5.00. The first-order valence-electron chi connectivity index (χ1n) is 6.65. The fourth-order valence-electron chi connectivity index (χ4n) is 2.23. The standard InChI is InChI=1S/C14H14F4N2O2/c1-2-5-9-8-13(22,14(16,17)18)20(19-9)12(21)10-6-3-4-7-11(10)15/h3-4,6-7,22H,2,5,8H2,1H3/t13-/m0/s1. The van der Waals surface area contributed by atoms with Crippen molar-refractivity contribution in [3.05, 3.63) is 35.6 Å². The Labute approximate surface area is 124 Å². The van der Waals surface area contributed by atoms with E-state index in [4.69, 9.17) is 0 Å². The number of hydrazone groups is 1. The molecular formula is C14H14F4N2O2. The summed E-state index contributed by atoms with van der Waals surface area (Å²) >= 11 is 0. The fraction of sp³-hybridized carbons (Fsp3) is 0.429. The van der Waals surface area contributed by atoms with Gasteiger partial charge in [0.1, 0.15) is 5.82 Å². The van der Waals surface area contributed by atoms with Gasteiger partial charge >= 0.3 is 6.18 Å². The molecule has 0 aliphatic carbocycles. The van der Waals surface area contributed by atoms with Crippen LogP contribution in [0, 0.1) is 5.82 Å². The number of carbonyl (C=O) groups is 1. The SMILES string of the molecule is CCCC1=NN(C(=O)c2ccccc2F)[C@@](O)(C(F)(F)F)C1. The summed E-state index contributed by atoms with van der Waals surface area (Å²) in [5.41, 5.74) is -3.98. The Morgan fingerprint density at radius 1 is 1.41 bits per heavy atom. The zero-order valence-corrected chi connectivity index (χ0v) is 11.7. The van der Waals surface area contributed by atoms with Crippen LogP contribution in [0.15, 0.2) is 29.4 Å². The molecule has 8 heteroatoms. The molecule has 1 heterocycles. The Kier molecular flexibility index (Phi) is 4.23. The summed E-state index contributed by atoms with van der Waals surface area (Å²) in [4.78, 5) is 12.2. The van der Waals surface area contributed by atoms with Gasteiger partial charge in [-0.15, -0.1) is 0 Å². The van der Waals surface area contributed by atoms with Gasteiger partial charge in [0.05, 0.1) is 5.56 Å². The first-order valence-corrected chi connectivity index (χ1v) is 6.65. The quantitative estimate of drug-likeness (QED) is 0.871. The fourth-order valence-corrected chi connectivity index (χ4v) is 2.23. The average Bonchev–Trinajstić information content (AvgIpc) is 2.77. The Morgan fingerprint density at radius 3 is 2.59 bits per heavy atom. The zero-order valence-electron chi connectivity index (χ0n) is 11.7. The van der Waals surface area contributed by atoms with Gasteiger partial charge < -0.3 is 5.11 Å². The number of amides is 1. The highest BCUT2D eigenvalue weighted by Crippen LogP contribution is 2.41. The number of benzene rings is 1. The molecule has 120 valence electrons. The molecule has 1 amide bonds.